The molecule has 7 aromatic rings. The molecule has 0 aliphatic carbocycles. The summed E-state index contributed by atoms with van der Waals surface area (Å²) >= 11 is 0. The van der Waals surface area contributed by atoms with E-state index >= 15 is 0 Å². The predicted molar refractivity (Wildman–Crippen MR) is 224 cm³/mol. The van der Waals surface area contributed by atoms with Gasteiger partial charge >= 0.3 is 0 Å². The summed E-state index contributed by atoms with van der Waals surface area (Å²) in [6, 6.07) is 47.9. The first kappa shape index (κ1) is 38.2. The van der Waals surface area contributed by atoms with Crippen molar-refractivity contribution in [2.24, 2.45) is 0 Å². The van der Waals surface area contributed by atoms with Gasteiger partial charge in [-0.15, -0.1) is 53.6 Å². The van der Waals surface area contributed by atoms with E-state index in [2.05, 4.69) is 210 Å². The smallest absolute Gasteiger partial charge is 0.135 e. The monoisotopic (exact) mass is 902 g/mol. The zero-order chi connectivity index (χ0) is 37.8. The standard InChI is InChI=1S/C49H47N4O.Pt/c1-47(2,3)34-18-20-38(21-19-34)51-26-27-52(33-51)39-28-37(49(7,8)35-14-10-9-11-15-35)29-41(31-39)54-40-22-23-43-42-16-12-13-17-44(42)53(45(43)32-40)46-30-36(24-25-50-46)48(4,5)6;/h9-30,33H,1-8H3;/q-3;. The van der Waals surface area contributed by atoms with Gasteiger partial charge in [-0.2, -0.15) is 6.07 Å². The second-order valence-corrected chi connectivity index (χ2v) is 16.8. The molecule has 0 atom stereocenters. The maximum absolute atomic E-state index is 6.76. The SMILES string of the molecule is CC(C)(C)c1ccc(N2C=CN(c3[c-]c(Oc4[c-]c5c(cc4)c4ccccc4n5-c4cc(C(C)(C)C)ccn4)cc(C(C)(C)c4ccccc4)c3)[CH-]2)cc1.[Pt]. The molecule has 5 nitrogen and oxygen atoms in total. The van der Waals surface area contributed by atoms with Crippen LogP contribution >= 0.6 is 0 Å². The molecule has 282 valence electrons. The van der Waals surface area contributed by atoms with Gasteiger partial charge in [0.15, 0.2) is 0 Å². The Hall–Kier alpha value is -5.12. The van der Waals surface area contributed by atoms with Crippen LogP contribution in [0.1, 0.15) is 77.6 Å². The molecule has 0 amide bonds. The molecule has 0 saturated carbocycles. The van der Waals surface area contributed by atoms with Crippen LogP contribution < -0.4 is 14.5 Å². The molecule has 0 spiro atoms. The molecular weight excluding hydrogens is 856 g/mol. The van der Waals surface area contributed by atoms with Crippen LogP contribution in [0.3, 0.4) is 0 Å². The van der Waals surface area contributed by atoms with Gasteiger partial charge in [-0.1, -0.05) is 122 Å². The topological polar surface area (TPSA) is 33.5 Å². The third kappa shape index (κ3) is 7.47. The van der Waals surface area contributed by atoms with E-state index in [-0.39, 0.29) is 37.3 Å². The van der Waals surface area contributed by atoms with Crippen molar-refractivity contribution < 1.29 is 25.8 Å². The number of pyridine rings is 1. The van der Waals surface area contributed by atoms with E-state index in [4.69, 9.17) is 9.72 Å². The molecule has 5 aromatic carbocycles. The van der Waals surface area contributed by atoms with Gasteiger partial charge in [-0.3, -0.25) is 0 Å². The van der Waals surface area contributed by atoms with E-state index in [1.165, 1.54) is 16.7 Å². The fourth-order valence-electron chi connectivity index (χ4n) is 7.19. The van der Waals surface area contributed by atoms with Gasteiger partial charge in [0.05, 0.1) is 0 Å². The molecule has 1 aliphatic rings. The number of nitrogens with zero attached hydrogens (tertiary/aromatic N) is 4. The summed E-state index contributed by atoms with van der Waals surface area (Å²) in [4.78, 5) is 9.09. The number of anilines is 2. The summed E-state index contributed by atoms with van der Waals surface area (Å²) in [7, 11) is 0. The maximum atomic E-state index is 6.76. The third-order valence-corrected chi connectivity index (χ3v) is 10.6. The summed E-state index contributed by atoms with van der Waals surface area (Å²) in [5.41, 5.74) is 8.61. The first-order chi connectivity index (χ1) is 25.8. The zero-order valence-electron chi connectivity index (χ0n) is 32.8. The molecule has 2 aromatic heterocycles. The van der Waals surface area contributed by atoms with E-state index in [0.29, 0.717) is 11.5 Å². The van der Waals surface area contributed by atoms with Crippen molar-refractivity contribution >= 4 is 33.2 Å². The van der Waals surface area contributed by atoms with Crippen molar-refractivity contribution in [3.63, 3.8) is 0 Å². The van der Waals surface area contributed by atoms with Crippen molar-refractivity contribution in [2.75, 3.05) is 9.80 Å². The van der Waals surface area contributed by atoms with E-state index in [0.717, 1.165) is 44.6 Å². The van der Waals surface area contributed by atoms with Gasteiger partial charge in [0, 0.05) is 50.0 Å². The molecule has 0 unspecified atom stereocenters. The second-order valence-electron chi connectivity index (χ2n) is 16.8. The van der Waals surface area contributed by atoms with Crippen LogP contribution in [-0.4, -0.2) is 9.55 Å². The molecule has 0 bridgehead atoms. The van der Waals surface area contributed by atoms with Crippen LogP contribution in [-0.2, 0) is 37.3 Å². The van der Waals surface area contributed by atoms with E-state index in [1.54, 1.807) is 0 Å². The summed E-state index contributed by atoms with van der Waals surface area (Å²) in [6.07, 6.45) is 6.06. The number of benzene rings is 5. The number of hydrogen-bond donors (Lipinski definition) is 0. The molecule has 1 aliphatic heterocycles. The van der Waals surface area contributed by atoms with Crippen LogP contribution in [0.5, 0.6) is 11.5 Å². The van der Waals surface area contributed by atoms with Gasteiger partial charge in [-0.05, 0) is 81.1 Å². The van der Waals surface area contributed by atoms with Crippen LogP contribution in [0.4, 0.5) is 11.4 Å². The van der Waals surface area contributed by atoms with Crippen LogP contribution in [0.2, 0.25) is 0 Å². The third-order valence-electron chi connectivity index (χ3n) is 10.6. The van der Waals surface area contributed by atoms with Crippen molar-refractivity contribution in [1.29, 1.82) is 0 Å². The van der Waals surface area contributed by atoms with E-state index < -0.39 is 0 Å². The fourth-order valence-corrected chi connectivity index (χ4v) is 7.19. The number of rotatable bonds is 7. The second kappa shape index (κ2) is 14.5. The minimum Gasteiger partial charge on any atom is -0.509 e. The first-order valence-corrected chi connectivity index (χ1v) is 18.7. The van der Waals surface area contributed by atoms with Crippen LogP contribution in [0, 0.1) is 18.8 Å². The predicted octanol–water partition coefficient (Wildman–Crippen LogP) is 12.4. The molecule has 0 fully saturated rings. The zero-order valence-corrected chi connectivity index (χ0v) is 35.1. The average molecular weight is 903 g/mol. The van der Waals surface area contributed by atoms with E-state index in [9.17, 15) is 0 Å². The van der Waals surface area contributed by atoms with E-state index in [1.807, 2.05) is 12.3 Å². The molecule has 0 saturated heterocycles. The first-order valence-electron chi connectivity index (χ1n) is 18.7. The number of aromatic nitrogens is 2. The normalized spacial score (nSPS) is 13.5. The molecular formula is C49H47N4OPt-3. The fraction of sp³-hybridized carbons (Fsp3) is 0.224. The molecule has 8 rings (SSSR count). The number of para-hydroxylation sites is 1. The molecule has 0 N–H and O–H groups in total. The summed E-state index contributed by atoms with van der Waals surface area (Å²) in [5, 5.41) is 2.24. The average Bonchev–Trinajstić information content (AvgIpc) is 3.78. The summed E-state index contributed by atoms with van der Waals surface area (Å²) in [5.74, 6) is 2.08. The quantitative estimate of drug-likeness (QED) is 0.149. The van der Waals surface area contributed by atoms with Gasteiger partial charge < -0.3 is 19.1 Å². The van der Waals surface area contributed by atoms with Gasteiger partial charge in [0.25, 0.3) is 0 Å². The van der Waals surface area contributed by atoms with Gasteiger partial charge in [0.2, 0.25) is 0 Å². The van der Waals surface area contributed by atoms with Crippen LogP contribution in [0.15, 0.2) is 134 Å². The Kier molecular flexibility index (Phi) is 10.1. The Morgan fingerprint density at radius 1 is 0.582 bits per heavy atom. The Balaban J connectivity index is 0.00000465. The molecule has 55 heavy (non-hydrogen) atoms. The Labute approximate surface area is 340 Å². The Morgan fingerprint density at radius 2 is 1.27 bits per heavy atom. The number of hydrogen-bond acceptors (Lipinski definition) is 4. The van der Waals surface area contributed by atoms with Crippen molar-refractivity contribution in [3.05, 3.63) is 175 Å². The van der Waals surface area contributed by atoms with Crippen molar-refractivity contribution in [2.45, 2.75) is 71.6 Å². The van der Waals surface area contributed by atoms with Gasteiger partial charge in [-0.25, -0.2) is 4.98 Å². The number of ether oxygens (including phenoxy) is 1. The largest absolute Gasteiger partial charge is 0.509 e. The maximum Gasteiger partial charge on any atom is 0.135 e. The minimum atomic E-state index is -0.307. The number of fused-ring (bicyclic) bond motifs is 3. The molecule has 0 radical (unpaired) electrons. The van der Waals surface area contributed by atoms with Crippen LogP contribution in [0.25, 0.3) is 27.6 Å². The molecule has 6 heteroatoms. The summed E-state index contributed by atoms with van der Waals surface area (Å²) in [6.45, 7) is 20.0. The van der Waals surface area contributed by atoms with Gasteiger partial charge in [0.1, 0.15) is 5.82 Å². The van der Waals surface area contributed by atoms with Crippen molar-refractivity contribution in [3.8, 4) is 17.3 Å². The van der Waals surface area contributed by atoms with Crippen molar-refractivity contribution in [1.82, 2.24) is 9.55 Å². The Morgan fingerprint density at radius 3 is 2.00 bits per heavy atom. The summed E-state index contributed by atoms with van der Waals surface area (Å²) < 4.78 is 8.95. The minimum absolute atomic E-state index is 0. The Bertz CT molecular complexity index is 2500. The molecule has 3 heterocycles.